The second kappa shape index (κ2) is 11.4. The van der Waals surface area contributed by atoms with Gasteiger partial charge in [0.1, 0.15) is 17.0 Å². The third kappa shape index (κ3) is 4.79. The first-order valence-corrected chi connectivity index (χ1v) is 16.0. The van der Waals surface area contributed by atoms with E-state index in [1.54, 1.807) is 0 Å². The van der Waals surface area contributed by atoms with Crippen molar-refractivity contribution in [1.29, 1.82) is 5.41 Å². The molecule has 8 aromatic carbocycles. The van der Waals surface area contributed by atoms with Gasteiger partial charge in [0.25, 0.3) is 0 Å². The summed E-state index contributed by atoms with van der Waals surface area (Å²) in [7, 11) is 0. The van der Waals surface area contributed by atoms with E-state index in [0.717, 1.165) is 60.1 Å². The lowest BCUT2D eigenvalue weighted by Crippen LogP contribution is -2.16. The molecule has 0 saturated heterocycles. The molecule has 0 radical (unpaired) electrons. The number of hydrogen-bond donors (Lipinski definition) is 2. The Morgan fingerprint density at radius 2 is 1.19 bits per heavy atom. The highest BCUT2D eigenvalue weighted by atomic mass is 16.3. The number of anilines is 1. The number of benzene rings is 8. The summed E-state index contributed by atoms with van der Waals surface area (Å²) < 4.78 is 6.15. The average molecular weight is 616 g/mol. The van der Waals surface area contributed by atoms with Gasteiger partial charge in [0.05, 0.1) is 0 Å². The lowest BCUT2D eigenvalue weighted by molar-refractivity contribution is 0.669. The van der Waals surface area contributed by atoms with Gasteiger partial charge in [-0.3, -0.25) is 5.41 Å². The molecule has 0 bridgehead atoms. The summed E-state index contributed by atoms with van der Waals surface area (Å²) in [4.78, 5) is 5.05. The van der Waals surface area contributed by atoms with Crippen LogP contribution in [0.25, 0.3) is 65.4 Å². The monoisotopic (exact) mass is 615 g/mol. The zero-order valence-electron chi connectivity index (χ0n) is 25.9. The third-order valence-corrected chi connectivity index (χ3v) is 9.12. The second-order valence-corrected chi connectivity index (χ2v) is 12.0. The highest BCUT2D eigenvalue weighted by Gasteiger charge is 2.16. The van der Waals surface area contributed by atoms with Crippen LogP contribution >= 0.6 is 0 Å². The largest absolute Gasteiger partial charge is 0.456 e. The topological polar surface area (TPSA) is 61.4 Å². The smallest absolute Gasteiger partial charge is 0.154 e. The minimum Gasteiger partial charge on any atom is -0.456 e. The summed E-state index contributed by atoms with van der Waals surface area (Å²) >= 11 is 0. The van der Waals surface area contributed by atoms with Gasteiger partial charge >= 0.3 is 0 Å². The summed E-state index contributed by atoms with van der Waals surface area (Å²) in [5, 5.41) is 21.8. The van der Waals surface area contributed by atoms with E-state index < -0.39 is 0 Å². The molecule has 9 rings (SSSR count). The quantitative estimate of drug-likeness (QED) is 0.118. The number of nitrogens with zero attached hydrogens (tertiary/aromatic N) is 1. The number of fused-ring (bicyclic) bond motifs is 7. The number of amidine groups is 2. The maximum Gasteiger partial charge on any atom is 0.154 e. The van der Waals surface area contributed by atoms with Gasteiger partial charge in [-0.15, -0.1) is 0 Å². The van der Waals surface area contributed by atoms with Gasteiger partial charge < -0.3 is 9.73 Å². The first-order valence-electron chi connectivity index (χ1n) is 16.0. The molecule has 9 aromatic rings. The molecule has 0 spiro atoms. The van der Waals surface area contributed by atoms with Crippen molar-refractivity contribution in [1.82, 2.24) is 0 Å². The second-order valence-electron chi connectivity index (χ2n) is 12.0. The van der Waals surface area contributed by atoms with Crippen molar-refractivity contribution in [3.63, 3.8) is 0 Å². The lowest BCUT2D eigenvalue weighted by Gasteiger charge is -2.16. The highest BCUT2D eigenvalue weighted by Crippen LogP contribution is 2.34. The van der Waals surface area contributed by atoms with Crippen LogP contribution in [0.5, 0.6) is 0 Å². The van der Waals surface area contributed by atoms with Gasteiger partial charge in [-0.05, 0) is 68.4 Å². The summed E-state index contributed by atoms with van der Waals surface area (Å²) in [6.45, 7) is 0. The summed E-state index contributed by atoms with van der Waals surface area (Å²) in [5.41, 5.74) is 6.43. The molecule has 0 amide bonds. The van der Waals surface area contributed by atoms with E-state index in [-0.39, 0.29) is 5.84 Å². The van der Waals surface area contributed by atoms with Crippen molar-refractivity contribution >= 4 is 71.6 Å². The first-order chi connectivity index (χ1) is 23.7. The zero-order valence-corrected chi connectivity index (χ0v) is 25.9. The first kappa shape index (κ1) is 27.8. The fraction of sp³-hybridized carbons (Fsp3) is 0. The Bertz CT molecular complexity index is 2720. The summed E-state index contributed by atoms with van der Waals surface area (Å²) in [5.74, 6) is 0.749. The van der Waals surface area contributed by atoms with Crippen LogP contribution in [0, 0.1) is 5.41 Å². The van der Waals surface area contributed by atoms with E-state index in [1.807, 2.05) is 48.5 Å². The number of hydrogen-bond acceptors (Lipinski definition) is 2. The summed E-state index contributed by atoms with van der Waals surface area (Å²) in [6.07, 6.45) is 0. The molecule has 4 heteroatoms. The van der Waals surface area contributed by atoms with Crippen LogP contribution in [0.1, 0.15) is 11.1 Å². The minimum atomic E-state index is 0.152. The molecule has 4 nitrogen and oxygen atoms in total. The average Bonchev–Trinajstić information content (AvgIpc) is 3.53. The molecule has 0 aliphatic rings. The molecule has 0 aliphatic carbocycles. The fourth-order valence-corrected chi connectivity index (χ4v) is 6.80. The standard InChI is InChI=1S/C44H29N3O/c45-43(38-18-10-20-41-42(38)37-17-8-9-19-40(37)48-41)47-44(46-39-27-32-13-4-5-14-34(32)35-15-6-7-16-36(35)39)33-24-23-30-25-29(21-22-31(30)26-33)28-11-2-1-3-12-28/h1-27H,(H2,45,46,47). The van der Waals surface area contributed by atoms with Crippen LogP contribution in [-0.2, 0) is 0 Å². The Morgan fingerprint density at radius 1 is 0.500 bits per heavy atom. The molecular formula is C44H29N3O. The van der Waals surface area contributed by atoms with Gasteiger partial charge in [0.15, 0.2) is 5.84 Å². The molecule has 1 aromatic heterocycles. The number of aliphatic imine (C=N–C) groups is 1. The Morgan fingerprint density at radius 3 is 2.06 bits per heavy atom. The van der Waals surface area contributed by atoms with E-state index in [4.69, 9.17) is 9.41 Å². The maximum absolute atomic E-state index is 9.38. The SMILES string of the molecule is N=C(/N=C(\Nc1cc2ccccc2c2ccccc12)c1ccc2cc(-c3ccccc3)ccc2c1)c1cccc2oc3ccccc3c12. The molecule has 0 fully saturated rings. The molecule has 1 heterocycles. The highest BCUT2D eigenvalue weighted by molar-refractivity contribution is 6.24. The fourth-order valence-electron chi connectivity index (χ4n) is 6.80. The van der Waals surface area contributed by atoms with Crippen molar-refractivity contribution in [2.24, 2.45) is 4.99 Å². The molecule has 226 valence electrons. The van der Waals surface area contributed by atoms with E-state index in [9.17, 15) is 5.41 Å². The van der Waals surface area contributed by atoms with Crippen molar-refractivity contribution in [3.05, 3.63) is 175 Å². The van der Waals surface area contributed by atoms with Gasteiger partial charge in [0, 0.05) is 33.0 Å². The van der Waals surface area contributed by atoms with Crippen molar-refractivity contribution in [3.8, 4) is 11.1 Å². The molecule has 2 N–H and O–H groups in total. The van der Waals surface area contributed by atoms with Crippen LogP contribution in [-0.4, -0.2) is 11.7 Å². The van der Waals surface area contributed by atoms with Crippen LogP contribution in [0.4, 0.5) is 5.69 Å². The van der Waals surface area contributed by atoms with Crippen molar-refractivity contribution in [2.75, 3.05) is 5.32 Å². The number of rotatable bonds is 4. The van der Waals surface area contributed by atoms with Gasteiger partial charge in [-0.25, -0.2) is 4.99 Å². The molecule has 0 aliphatic heterocycles. The molecule has 0 saturated carbocycles. The van der Waals surface area contributed by atoms with Crippen LogP contribution in [0.15, 0.2) is 173 Å². The van der Waals surface area contributed by atoms with E-state index in [0.29, 0.717) is 11.4 Å². The Hall–Kier alpha value is -6.52. The minimum absolute atomic E-state index is 0.152. The van der Waals surface area contributed by atoms with Crippen molar-refractivity contribution in [2.45, 2.75) is 0 Å². The maximum atomic E-state index is 9.38. The van der Waals surface area contributed by atoms with Crippen LogP contribution in [0.3, 0.4) is 0 Å². The molecular weight excluding hydrogens is 587 g/mol. The number of nitrogens with one attached hydrogen (secondary N) is 2. The van der Waals surface area contributed by atoms with Gasteiger partial charge in [0.2, 0.25) is 0 Å². The van der Waals surface area contributed by atoms with E-state index in [2.05, 4.69) is 121 Å². The van der Waals surface area contributed by atoms with Crippen molar-refractivity contribution < 1.29 is 4.42 Å². The third-order valence-electron chi connectivity index (χ3n) is 9.12. The van der Waals surface area contributed by atoms with Crippen LogP contribution in [0.2, 0.25) is 0 Å². The molecule has 0 unspecified atom stereocenters. The molecule has 48 heavy (non-hydrogen) atoms. The number of furan rings is 1. The summed E-state index contributed by atoms with van der Waals surface area (Å²) in [6, 6.07) is 56.2. The van der Waals surface area contributed by atoms with Gasteiger partial charge in [-0.1, -0.05) is 133 Å². The Balaban J connectivity index is 1.21. The predicted octanol–water partition coefficient (Wildman–Crippen LogP) is 11.6. The van der Waals surface area contributed by atoms with E-state index >= 15 is 0 Å². The Labute approximate surface area is 277 Å². The van der Waals surface area contributed by atoms with Crippen LogP contribution < -0.4 is 5.32 Å². The van der Waals surface area contributed by atoms with Gasteiger partial charge in [-0.2, -0.15) is 0 Å². The Kier molecular flexibility index (Phi) is 6.58. The number of para-hydroxylation sites is 1. The zero-order chi connectivity index (χ0) is 32.0. The molecule has 0 atom stereocenters. The predicted molar refractivity (Wildman–Crippen MR) is 202 cm³/mol. The normalized spacial score (nSPS) is 12.0. The van der Waals surface area contributed by atoms with E-state index in [1.165, 1.54) is 16.5 Å². The lowest BCUT2D eigenvalue weighted by atomic mass is 9.99.